The summed E-state index contributed by atoms with van der Waals surface area (Å²) in [5.74, 6) is 0. The summed E-state index contributed by atoms with van der Waals surface area (Å²) in [5, 5.41) is 13.3. The minimum atomic E-state index is -4.41. The number of rotatable bonds is 7. The van der Waals surface area contributed by atoms with Crippen LogP contribution in [0.3, 0.4) is 0 Å². The summed E-state index contributed by atoms with van der Waals surface area (Å²) in [4.78, 5) is 0. The Kier molecular flexibility index (Phi) is 6.58. The van der Waals surface area contributed by atoms with Crippen molar-refractivity contribution in [2.75, 3.05) is 6.54 Å². The van der Waals surface area contributed by atoms with Crippen LogP contribution in [0.1, 0.15) is 35.3 Å². The highest BCUT2D eigenvalue weighted by atomic mass is 19.4. The largest absolute Gasteiger partial charge is 0.416 e. The van der Waals surface area contributed by atoms with Gasteiger partial charge < -0.3 is 16.2 Å². The van der Waals surface area contributed by atoms with Gasteiger partial charge in [0.25, 0.3) is 0 Å². The van der Waals surface area contributed by atoms with Crippen molar-refractivity contribution in [1.82, 2.24) is 5.32 Å². The van der Waals surface area contributed by atoms with E-state index in [9.17, 15) is 18.3 Å². The van der Waals surface area contributed by atoms with Crippen molar-refractivity contribution in [2.45, 2.75) is 38.2 Å². The van der Waals surface area contributed by atoms with Crippen LogP contribution in [0.4, 0.5) is 13.2 Å². The zero-order valence-corrected chi connectivity index (χ0v) is 14.1. The number of benzene rings is 2. The van der Waals surface area contributed by atoms with E-state index in [1.807, 2.05) is 31.2 Å². The first-order valence-electron chi connectivity index (χ1n) is 8.16. The highest BCUT2D eigenvalue weighted by Gasteiger charge is 2.30. The molecule has 0 fully saturated rings. The SMILES string of the molecule is CC(Cc1ccc(CN)cc1)NCC(O)c1cccc(C(F)(F)F)c1. The smallest absolute Gasteiger partial charge is 0.387 e. The Morgan fingerprint density at radius 2 is 1.72 bits per heavy atom. The number of hydrogen-bond acceptors (Lipinski definition) is 3. The second-order valence-electron chi connectivity index (χ2n) is 6.17. The van der Waals surface area contributed by atoms with E-state index in [0.717, 1.165) is 29.7 Å². The third kappa shape index (κ3) is 5.85. The molecule has 136 valence electrons. The molecular weight excluding hydrogens is 329 g/mol. The van der Waals surface area contributed by atoms with Crippen molar-refractivity contribution in [3.63, 3.8) is 0 Å². The Morgan fingerprint density at radius 1 is 1.08 bits per heavy atom. The highest BCUT2D eigenvalue weighted by Crippen LogP contribution is 2.30. The van der Waals surface area contributed by atoms with Crippen LogP contribution in [-0.2, 0) is 19.1 Å². The van der Waals surface area contributed by atoms with Gasteiger partial charge in [-0.2, -0.15) is 13.2 Å². The molecular formula is C19H23F3N2O. The molecule has 2 unspecified atom stereocenters. The minimum absolute atomic E-state index is 0.0733. The number of aliphatic hydroxyl groups is 1. The first kappa shape index (κ1) is 19.4. The highest BCUT2D eigenvalue weighted by molar-refractivity contribution is 5.27. The molecule has 0 heterocycles. The van der Waals surface area contributed by atoms with Crippen molar-refractivity contribution >= 4 is 0 Å². The Morgan fingerprint density at radius 3 is 2.32 bits per heavy atom. The van der Waals surface area contributed by atoms with Gasteiger partial charge in [-0.05, 0) is 42.2 Å². The third-order valence-corrected chi connectivity index (χ3v) is 4.06. The van der Waals surface area contributed by atoms with Gasteiger partial charge >= 0.3 is 6.18 Å². The molecule has 0 aliphatic rings. The van der Waals surface area contributed by atoms with Crippen LogP contribution in [-0.4, -0.2) is 17.7 Å². The van der Waals surface area contributed by atoms with Gasteiger partial charge in [0.1, 0.15) is 0 Å². The Bertz CT molecular complexity index is 671. The second-order valence-corrected chi connectivity index (χ2v) is 6.17. The molecule has 25 heavy (non-hydrogen) atoms. The van der Waals surface area contributed by atoms with E-state index in [1.165, 1.54) is 12.1 Å². The number of nitrogens with one attached hydrogen (secondary N) is 1. The van der Waals surface area contributed by atoms with Crippen molar-refractivity contribution < 1.29 is 18.3 Å². The standard InChI is InChI=1S/C19H23F3N2O/c1-13(9-14-5-7-15(11-23)8-6-14)24-12-18(25)16-3-2-4-17(10-16)19(20,21)22/h2-8,10,13,18,24-25H,9,11-12,23H2,1H3. The number of halogens is 3. The summed E-state index contributed by atoms with van der Waals surface area (Å²) in [6.07, 6.45) is -4.66. The van der Waals surface area contributed by atoms with E-state index in [4.69, 9.17) is 5.73 Å². The Hall–Kier alpha value is -1.89. The molecule has 0 saturated carbocycles. The van der Waals surface area contributed by atoms with Gasteiger partial charge in [-0.1, -0.05) is 36.4 Å². The molecule has 6 heteroatoms. The molecule has 0 aliphatic carbocycles. The average molecular weight is 352 g/mol. The lowest BCUT2D eigenvalue weighted by Gasteiger charge is -2.18. The van der Waals surface area contributed by atoms with E-state index in [-0.39, 0.29) is 18.2 Å². The molecule has 0 amide bonds. The fourth-order valence-electron chi connectivity index (χ4n) is 2.59. The molecule has 4 N–H and O–H groups in total. The van der Waals surface area contributed by atoms with Crippen molar-refractivity contribution in [2.24, 2.45) is 5.73 Å². The molecule has 0 bridgehead atoms. The van der Waals surface area contributed by atoms with E-state index in [1.54, 1.807) is 0 Å². The maximum atomic E-state index is 12.7. The molecule has 0 aliphatic heterocycles. The topological polar surface area (TPSA) is 58.3 Å². The van der Waals surface area contributed by atoms with Gasteiger partial charge in [-0.3, -0.25) is 0 Å². The van der Waals surface area contributed by atoms with E-state index >= 15 is 0 Å². The predicted molar refractivity (Wildman–Crippen MR) is 91.9 cm³/mol. The zero-order chi connectivity index (χ0) is 18.4. The number of nitrogens with two attached hydrogens (primary N) is 1. The first-order chi connectivity index (χ1) is 11.8. The molecule has 0 spiro atoms. The monoisotopic (exact) mass is 352 g/mol. The molecule has 0 saturated heterocycles. The summed E-state index contributed by atoms with van der Waals surface area (Å²) in [5.41, 5.74) is 7.25. The van der Waals surface area contributed by atoms with Crippen molar-refractivity contribution in [3.8, 4) is 0 Å². The fraction of sp³-hybridized carbons (Fsp3) is 0.368. The van der Waals surface area contributed by atoms with Crippen molar-refractivity contribution in [1.29, 1.82) is 0 Å². The van der Waals surface area contributed by atoms with Gasteiger partial charge in [0.2, 0.25) is 0 Å². The zero-order valence-electron chi connectivity index (χ0n) is 14.1. The first-order valence-corrected chi connectivity index (χ1v) is 8.16. The number of alkyl halides is 3. The molecule has 3 nitrogen and oxygen atoms in total. The van der Waals surface area contributed by atoms with Crippen LogP contribution in [0.15, 0.2) is 48.5 Å². The van der Waals surface area contributed by atoms with Gasteiger partial charge in [-0.25, -0.2) is 0 Å². The van der Waals surface area contributed by atoms with Gasteiger partial charge in [0.15, 0.2) is 0 Å². The number of aliphatic hydroxyl groups excluding tert-OH is 1. The lowest BCUT2D eigenvalue weighted by Crippen LogP contribution is -2.32. The van der Waals surface area contributed by atoms with E-state index < -0.39 is 17.8 Å². The molecule has 2 atom stereocenters. The van der Waals surface area contributed by atoms with Crippen LogP contribution in [0.2, 0.25) is 0 Å². The lowest BCUT2D eigenvalue weighted by atomic mass is 10.0. The quantitative estimate of drug-likeness (QED) is 0.716. The number of hydrogen-bond donors (Lipinski definition) is 3. The lowest BCUT2D eigenvalue weighted by molar-refractivity contribution is -0.137. The summed E-state index contributed by atoms with van der Waals surface area (Å²) in [7, 11) is 0. The van der Waals surface area contributed by atoms with E-state index in [0.29, 0.717) is 6.54 Å². The molecule has 2 aromatic carbocycles. The maximum Gasteiger partial charge on any atom is 0.416 e. The molecule has 0 radical (unpaired) electrons. The fourth-order valence-corrected chi connectivity index (χ4v) is 2.59. The van der Waals surface area contributed by atoms with Crippen LogP contribution in [0.5, 0.6) is 0 Å². The summed E-state index contributed by atoms with van der Waals surface area (Å²) < 4.78 is 38.2. The summed E-state index contributed by atoms with van der Waals surface area (Å²) in [6, 6.07) is 12.8. The summed E-state index contributed by atoms with van der Waals surface area (Å²) in [6.45, 7) is 2.65. The Labute approximate surface area is 145 Å². The summed E-state index contributed by atoms with van der Waals surface area (Å²) >= 11 is 0. The van der Waals surface area contributed by atoms with Crippen molar-refractivity contribution in [3.05, 3.63) is 70.8 Å². The molecule has 2 rings (SSSR count). The Balaban J connectivity index is 1.89. The molecule has 0 aromatic heterocycles. The van der Waals surface area contributed by atoms with Crippen LogP contribution < -0.4 is 11.1 Å². The van der Waals surface area contributed by atoms with Gasteiger partial charge in [0.05, 0.1) is 11.7 Å². The van der Waals surface area contributed by atoms with Crippen LogP contribution in [0.25, 0.3) is 0 Å². The van der Waals surface area contributed by atoms with Gasteiger partial charge in [-0.15, -0.1) is 0 Å². The van der Waals surface area contributed by atoms with Crippen LogP contribution in [0, 0.1) is 0 Å². The van der Waals surface area contributed by atoms with Gasteiger partial charge in [0, 0.05) is 19.1 Å². The third-order valence-electron chi connectivity index (χ3n) is 4.06. The maximum absolute atomic E-state index is 12.7. The normalized spacial score (nSPS) is 14.3. The van der Waals surface area contributed by atoms with Crippen LogP contribution >= 0.6 is 0 Å². The predicted octanol–water partition coefficient (Wildman–Crippen LogP) is 3.42. The molecule has 2 aromatic rings. The second kappa shape index (κ2) is 8.47. The minimum Gasteiger partial charge on any atom is -0.387 e. The van der Waals surface area contributed by atoms with E-state index in [2.05, 4.69) is 5.32 Å². The average Bonchev–Trinajstić information content (AvgIpc) is 2.59.